The van der Waals surface area contributed by atoms with Crippen LogP contribution < -0.4 is 5.32 Å². The van der Waals surface area contributed by atoms with Crippen LogP contribution in [-0.2, 0) is 19.4 Å². The third-order valence-corrected chi connectivity index (χ3v) is 6.36. The molecule has 0 saturated carbocycles. The van der Waals surface area contributed by atoms with Crippen molar-refractivity contribution in [1.29, 1.82) is 0 Å². The van der Waals surface area contributed by atoms with Gasteiger partial charge in [-0.05, 0) is 25.7 Å². The van der Waals surface area contributed by atoms with E-state index in [-0.39, 0.29) is 28.9 Å². The van der Waals surface area contributed by atoms with Crippen LogP contribution in [-0.4, -0.2) is 43.5 Å². The number of rotatable bonds is 6. The van der Waals surface area contributed by atoms with Crippen LogP contribution in [0.3, 0.4) is 0 Å². The first-order chi connectivity index (χ1) is 9.27. The van der Waals surface area contributed by atoms with Crippen LogP contribution in [0.4, 0.5) is 0 Å². The van der Waals surface area contributed by atoms with Gasteiger partial charge in [-0.1, -0.05) is 25.6 Å². The molecule has 0 spiro atoms. The predicted molar refractivity (Wildman–Crippen MR) is 82.4 cm³/mol. The molecule has 1 N–H and O–H groups in total. The van der Waals surface area contributed by atoms with Crippen molar-refractivity contribution in [2.75, 3.05) is 12.9 Å². The quantitative estimate of drug-likeness (QED) is 0.454. The fourth-order valence-corrected chi connectivity index (χ4v) is 5.36. The smallest absolute Gasteiger partial charge is 0.305 e. The molecule has 1 saturated heterocycles. The van der Waals surface area contributed by atoms with Crippen molar-refractivity contribution in [3.63, 3.8) is 0 Å². The largest absolute Gasteiger partial charge is 0.469 e. The summed E-state index contributed by atoms with van der Waals surface area (Å²) in [7, 11) is -1.72. The van der Waals surface area contributed by atoms with Gasteiger partial charge in [0.25, 0.3) is 0 Å². The van der Waals surface area contributed by atoms with Crippen molar-refractivity contribution in [3.05, 3.63) is 0 Å². The molecule has 1 heterocycles. The number of carbonyl (C=O) groups is 1. The molecule has 1 aliphatic heterocycles. The van der Waals surface area contributed by atoms with Gasteiger partial charge in [0.15, 0.2) is 9.84 Å². The summed E-state index contributed by atoms with van der Waals surface area (Å²) in [5, 5.41) is 2.73. The van der Waals surface area contributed by atoms with Crippen molar-refractivity contribution >= 4 is 33.0 Å². The Labute approximate surface area is 126 Å². The number of hydrogen-bond acceptors (Lipinski definition) is 5. The number of carbonyl (C=O) groups excluding carboxylic acids is 1. The summed E-state index contributed by atoms with van der Waals surface area (Å²) >= 11 is 4.99. The van der Waals surface area contributed by atoms with E-state index < -0.39 is 9.84 Å². The van der Waals surface area contributed by atoms with Gasteiger partial charge in [0.05, 0.1) is 23.1 Å². The molecule has 0 aromatic heterocycles. The number of esters is 1. The number of hydrogen-bond donors (Lipinski definition) is 1. The summed E-state index contributed by atoms with van der Waals surface area (Å²) in [5.41, 5.74) is 0. The van der Waals surface area contributed by atoms with Gasteiger partial charge >= 0.3 is 5.97 Å². The average Bonchev–Trinajstić information content (AvgIpc) is 2.55. The summed E-state index contributed by atoms with van der Waals surface area (Å²) < 4.78 is 28.9. The lowest BCUT2D eigenvalue weighted by atomic mass is 9.96. The normalized spacial score (nSPS) is 28.1. The molecule has 7 heteroatoms. The zero-order valence-corrected chi connectivity index (χ0v) is 13.9. The number of methoxy groups -OCH3 is 1. The predicted octanol–water partition coefficient (Wildman–Crippen LogP) is 1.46. The van der Waals surface area contributed by atoms with Gasteiger partial charge in [0.1, 0.15) is 0 Å². The molecule has 1 aliphatic rings. The minimum Gasteiger partial charge on any atom is -0.469 e. The van der Waals surface area contributed by atoms with Gasteiger partial charge in [-0.2, -0.15) is 0 Å². The maximum absolute atomic E-state index is 12.2. The van der Waals surface area contributed by atoms with Gasteiger partial charge in [-0.3, -0.25) is 4.79 Å². The summed E-state index contributed by atoms with van der Waals surface area (Å²) in [6, 6.07) is -0.0943. The number of unbranched alkanes of at least 4 members (excludes halogenated alkanes) is 1. The van der Waals surface area contributed by atoms with E-state index in [4.69, 9.17) is 12.2 Å². The highest BCUT2D eigenvalue weighted by molar-refractivity contribution is 7.92. The van der Waals surface area contributed by atoms with E-state index in [0.717, 1.165) is 0 Å². The van der Waals surface area contributed by atoms with Gasteiger partial charge in [-0.15, -0.1) is 0 Å². The van der Waals surface area contributed by atoms with Crippen molar-refractivity contribution in [2.24, 2.45) is 5.92 Å². The van der Waals surface area contributed by atoms with E-state index in [1.54, 1.807) is 6.92 Å². The minimum absolute atomic E-state index is 0.0380. The van der Waals surface area contributed by atoms with Crippen molar-refractivity contribution in [3.8, 4) is 0 Å². The monoisotopic (exact) mass is 321 g/mol. The van der Waals surface area contributed by atoms with Crippen LogP contribution in [0, 0.1) is 5.92 Å². The standard InChI is InChI=1S/C13H23NO4S2/c1-9-11(14-10(2)19)8-20(16,17)12(9)6-4-5-7-13(15)18-3/h9,11-12H,4-8H2,1-3H3,(H,14,19)/t9-,11-,12-/m0/s1. The number of thiocarbonyl (C=S) groups is 1. The highest BCUT2D eigenvalue weighted by atomic mass is 32.2. The van der Waals surface area contributed by atoms with E-state index in [1.807, 2.05) is 6.92 Å². The Kier molecular flexibility index (Phi) is 6.39. The third-order valence-electron chi connectivity index (χ3n) is 3.83. The minimum atomic E-state index is -3.08. The first-order valence-electron chi connectivity index (χ1n) is 6.83. The number of sulfone groups is 1. The molecule has 116 valence electrons. The van der Waals surface area contributed by atoms with Crippen molar-refractivity contribution < 1.29 is 17.9 Å². The summed E-state index contributed by atoms with van der Waals surface area (Å²) in [6.07, 6.45) is 2.32. The molecule has 1 rings (SSSR count). The van der Waals surface area contributed by atoms with Gasteiger partial charge in [-0.25, -0.2) is 8.42 Å². The SMILES string of the molecule is COC(=O)CCCC[C@H]1[C@@H](C)[C@@H](NC(C)=S)CS1(=O)=O. The molecule has 3 atom stereocenters. The molecular formula is C13H23NO4S2. The van der Waals surface area contributed by atoms with Gasteiger partial charge in [0, 0.05) is 12.5 Å². The first-order valence-corrected chi connectivity index (χ1v) is 8.95. The summed E-state index contributed by atoms with van der Waals surface area (Å²) in [6.45, 7) is 3.71. The Morgan fingerprint density at radius 2 is 2.05 bits per heavy atom. The molecule has 1 fully saturated rings. The molecule has 0 aliphatic carbocycles. The van der Waals surface area contributed by atoms with Crippen molar-refractivity contribution in [1.82, 2.24) is 5.32 Å². The Bertz CT molecular complexity index is 461. The molecule has 0 aromatic carbocycles. The molecule has 0 radical (unpaired) electrons. The molecule has 0 unspecified atom stereocenters. The van der Waals surface area contributed by atoms with E-state index >= 15 is 0 Å². The average molecular weight is 321 g/mol. The van der Waals surface area contributed by atoms with Crippen LogP contribution in [0.25, 0.3) is 0 Å². The number of nitrogens with one attached hydrogen (secondary N) is 1. The van der Waals surface area contributed by atoms with Gasteiger partial charge in [0.2, 0.25) is 0 Å². The van der Waals surface area contributed by atoms with Gasteiger partial charge < -0.3 is 10.1 Å². The molecule has 0 aromatic rings. The van der Waals surface area contributed by atoms with Crippen LogP contribution in [0.1, 0.15) is 39.5 Å². The Hall–Kier alpha value is -0.690. The summed E-state index contributed by atoms with van der Waals surface area (Å²) in [4.78, 5) is 11.6. The van der Waals surface area contributed by atoms with Crippen LogP contribution in [0.5, 0.6) is 0 Å². The molecule has 5 nitrogen and oxygen atoms in total. The van der Waals surface area contributed by atoms with E-state index in [2.05, 4.69) is 10.1 Å². The number of ether oxygens (including phenoxy) is 1. The second kappa shape index (κ2) is 7.36. The fourth-order valence-electron chi connectivity index (χ4n) is 2.71. The third kappa shape index (κ3) is 4.70. The maximum atomic E-state index is 12.2. The van der Waals surface area contributed by atoms with E-state index in [1.165, 1.54) is 7.11 Å². The zero-order chi connectivity index (χ0) is 15.3. The topological polar surface area (TPSA) is 72.5 Å². The molecule has 20 heavy (non-hydrogen) atoms. The van der Waals surface area contributed by atoms with Crippen LogP contribution in [0.15, 0.2) is 0 Å². The Balaban J connectivity index is 2.51. The Morgan fingerprint density at radius 3 is 2.60 bits per heavy atom. The molecular weight excluding hydrogens is 298 g/mol. The first kappa shape index (κ1) is 17.4. The maximum Gasteiger partial charge on any atom is 0.305 e. The lowest BCUT2D eigenvalue weighted by molar-refractivity contribution is -0.140. The van der Waals surface area contributed by atoms with Crippen LogP contribution >= 0.6 is 12.2 Å². The highest BCUT2D eigenvalue weighted by Crippen LogP contribution is 2.31. The second-order valence-corrected chi connectivity index (χ2v) is 8.23. The zero-order valence-electron chi connectivity index (χ0n) is 12.2. The fraction of sp³-hybridized carbons (Fsp3) is 0.846. The van der Waals surface area contributed by atoms with Crippen LogP contribution in [0.2, 0.25) is 0 Å². The molecule has 0 bridgehead atoms. The summed E-state index contributed by atoms with van der Waals surface area (Å²) in [5.74, 6) is -0.0664. The molecule has 0 amide bonds. The second-order valence-electron chi connectivity index (χ2n) is 5.36. The lowest BCUT2D eigenvalue weighted by Crippen LogP contribution is -2.37. The Morgan fingerprint density at radius 1 is 1.40 bits per heavy atom. The van der Waals surface area contributed by atoms with E-state index in [9.17, 15) is 13.2 Å². The highest BCUT2D eigenvalue weighted by Gasteiger charge is 2.44. The lowest BCUT2D eigenvalue weighted by Gasteiger charge is -2.20. The van der Waals surface area contributed by atoms with E-state index in [0.29, 0.717) is 30.7 Å². The van der Waals surface area contributed by atoms with Crippen molar-refractivity contribution in [2.45, 2.75) is 50.8 Å².